The maximum atomic E-state index is 5.71. The molecule has 1 aromatic carbocycles. The quantitative estimate of drug-likeness (QED) is 0.710. The van der Waals surface area contributed by atoms with Crippen molar-refractivity contribution in [3.05, 3.63) is 29.8 Å². The summed E-state index contributed by atoms with van der Waals surface area (Å²) in [6, 6.07) is 8.94. The van der Waals surface area contributed by atoms with Gasteiger partial charge in [-0.3, -0.25) is 0 Å². The standard InChI is InChI=1S/C15H26N2S/c1-3-8-18-15-6-4-14(5-7-15)12(2)9-13(10-16)11-17/h4-7,12-13H,3,8-11,16-17H2,1-2H3. The minimum absolute atomic E-state index is 0.439. The van der Waals surface area contributed by atoms with E-state index < -0.39 is 0 Å². The van der Waals surface area contributed by atoms with Crippen molar-refractivity contribution in [2.45, 2.75) is 37.5 Å². The second kappa shape index (κ2) is 8.57. The van der Waals surface area contributed by atoms with Crippen LogP contribution in [0.5, 0.6) is 0 Å². The number of hydrogen-bond donors (Lipinski definition) is 2. The van der Waals surface area contributed by atoms with Gasteiger partial charge in [0.05, 0.1) is 0 Å². The van der Waals surface area contributed by atoms with Gasteiger partial charge < -0.3 is 11.5 Å². The van der Waals surface area contributed by atoms with Crippen molar-refractivity contribution in [2.75, 3.05) is 18.8 Å². The van der Waals surface area contributed by atoms with Gasteiger partial charge in [-0.15, -0.1) is 11.8 Å². The molecule has 0 amide bonds. The van der Waals surface area contributed by atoms with Crippen LogP contribution in [0.4, 0.5) is 0 Å². The second-order valence-corrected chi connectivity index (χ2v) is 6.06. The van der Waals surface area contributed by atoms with Crippen LogP contribution in [0, 0.1) is 5.92 Å². The average molecular weight is 266 g/mol. The highest BCUT2D eigenvalue weighted by atomic mass is 32.2. The molecule has 0 aliphatic rings. The van der Waals surface area contributed by atoms with Crippen LogP contribution in [0.3, 0.4) is 0 Å². The van der Waals surface area contributed by atoms with Crippen LogP contribution >= 0.6 is 11.8 Å². The number of hydrogen-bond acceptors (Lipinski definition) is 3. The van der Waals surface area contributed by atoms with Gasteiger partial charge in [0.1, 0.15) is 0 Å². The average Bonchev–Trinajstić information content (AvgIpc) is 2.42. The second-order valence-electron chi connectivity index (χ2n) is 4.89. The van der Waals surface area contributed by atoms with Crippen LogP contribution < -0.4 is 11.5 Å². The van der Waals surface area contributed by atoms with E-state index in [1.807, 2.05) is 11.8 Å². The fraction of sp³-hybridized carbons (Fsp3) is 0.600. The van der Waals surface area contributed by atoms with Gasteiger partial charge in [0.15, 0.2) is 0 Å². The minimum Gasteiger partial charge on any atom is -0.330 e. The van der Waals surface area contributed by atoms with Gasteiger partial charge in [0, 0.05) is 4.90 Å². The molecule has 18 heavy (non-hydrogen) atoms. The first-order valence-electron chi connectivity index (χ1n) is 6.84. The van der Waals surface area contributed by atoms with Gasteiger partial charge in [0.25, 0.3) is 0 Å². The van der Waals surface area contributed by atoms with Crippen LogP contribution in [0.1, 0.15) is 38.2 Å². The van der Waals surface area contributed by atoms with Crippen molar-refractivity contribution in [1.29, 1.82) is 0 Å². The fourth-order valence-electron chi connectivity index (χ4n) is 2.04. The third kappa shape index (κ3) is 5.01. The highest BCUT2D eigenvalue weighted by molar-refractivity contribution is 7.99. The highest BCUT2D eigenvalue weighted by Gasteiger charge is 2.12. The van der Waals surface area contributed by atoms with Gasteiger partial charge in [-0.25, -0.2) is 0 Å². The fourth-order valence-corrected chi connectivity index (χ4v) is 2.81. The first-order valence-corrected chi connectivity index (χ1v) is 7.82. The summed E-state index contributed by atoms with van der Waals surface area (Å²) in [7, 11) is 0. The number of thioether (sulfide) groups is 1. The van der Waals surface area contributed by atoms with Crippen LogP contribution in [-0.4, -0.2) is 18.8 Å². The molecule has 102 valence electrons. The summed E-state index contributed by atoms with van der Waals surface area (Å²) < 4.78 is 0. The number of nitrogens with two attached hydrogens (primary N) is 2. The molecule has 0 saturated heterocycles. The maximum Gasteiger partial charge on any atom is 0.00721 e. The summed E-state index contributed by atoms with van der Waals surface area (Å²) in [6.45, 7) is 5.84. The lowest BCUT2D eigenvalue weighted by Crippen LogP contribution is -2.24. The van der Waals surface area contributed by atoms with Crippen molar-refractivity contribution >= 4 is 11.8 Å². The SMILES string of the molecule is CCCSc1ccc(C(C)CC(CN)CN)cc1. The van der Waals surface area contributed by atoms with E-state index >= 15 is 0 Å². The Hall–Kier alpha value is -0.510. The molecular formula is C15H26N2S. The molecule has 2 nitrogen and oxygen atoms in total. The summed E-state index contributed by atoms with van der Waals surface area (Å²) in [5.41, 5.74) is 12.8. The third-order valence-electron chi connectivity index (χ3n) is 3.28. The molecule has 1 unspecified atom stereocenters. The van der Waals surface area contributed by atoms with Gasteiger partial charge in [-0.1, -0.05) is 26.0 Å². The van der Waals surface area contributed by atoms with Crippen LogP contribution in [0.15, 0.2) is 29.2 Å². The molecule has 3 heteroatoms. The number of benzene rings is 1. The Labute approximate surface area is 116 Å². The van der Waals surface area contributed by atoms with Crippen molar-refractivity contribution in [1.82, 2.24) is 0 Å². The Balaban J connectivity index is 2.55. The van der Waals surface area contributed by atoms with E-state index in [4.69, 9.17) is 11.5 Å². The minimum atomic E-state index is 0.439. The molecule has 0 aliphatic heterocycles. The zero-order chi connectivity index (χ0) is 13.4. The Kier molecular flexibility index (Phi) is 7.40. The van der Waals surface area contributed by atoms with Gasteiger partial charge >= 0.3 is 0 Å². The third-order valence-corrected chi connectivity index (χ3v) is 4.49. The van der Waals surface area contributed by atoms with Crippen LogP contribution in [-0.2, 0) is 0 Å². The summed E-state index contributed by atoms with van der Waals surface area (Å²) in [6.07, 6.45) is 2.30. The molecule has 4 N–H and O–H groups in total. The van der Waals surface area contributed by atoms with Crippen LogP contribution in [0.25, 0.3) is 0 Å². The normalized spacial score (nSPS) is 12.9. The van der Waals surface area contributed by atoms with Gasteiger partial charge in [-0.2, -0.15) is 0 Å². The van der Waals surface area contributed by atoms with Gasteiger partial charge in [0.2, 0.25) is 0 Å². The summed E-state index contributed by atoms with van der Waals surface area (Å²) >= 11 is 1.92. The van der Waals surface area contributed by atoms with E-state index in [0.29, 0.717) is 24.9 Å². The summed E-state index contributed by atoms with van der Waals surface area (Å²) in [5.74, 6) is 2.17. The largest absolute Gasteiger partial charge is 0.330 e. The molecule has 0 heterocycles. The molecule has 0 saturated carbocycles. The molecule has 1 rings (SSSR count). The lowest BCUT2D eigenvalue weighted by atomic mass is 9.90. The van der Waals surface area contributed by atoms with E-state index in [0.717, 1.165) is 6.42 Å². The molecule has 0 bridgehead atoms. The Morgan fingerprint density at radius 3 is 2.22 bits per heavy atom. The molecule has 0 aliphatic carbocycles. The van der Waals surface area contributed by atoms with Crippen molar-refractivity contribution in [3.63, 3.8) is 0 Å². The zero-order valence-corrected chi connectivity index (χ0v) is 12.4. The first-order chi connectivity index (χ1) is 8.71. The monoisotopic (exact) mass is 266 g/mol. The smallest absolute Gasteiger partial charge is 0.00721 e. The topological polar surface area (TPSA) is 52.0 Å². The van der Waals surface area contributed by atoms with E-state index in [2.05, 4.69) is 38.1 Å². The molecule has 1 aromatic rings. The Morgan fingerprint density at radius 2 is 1.72 bits per heavy atom. The zero-order valence-electron chi connectivity index (χ0n) is 11.6. The van der Waals surface area contributed by atoms with Crippen molar-refractivity contribution in [3.8, 4) is 0 Å². The molecule has 1 atom stereocenters. The molecule has 0 radical (unpaired) electrons. The van der Waals surface area contributed by atoms with Gasteiger partial charge in [-0.05, 0) is 61.2 Å². The molecular weight excluding hydrogens is 240 g/mol. The number of rotatable bonds is 8. The summed E-state index contributed by atoms with van der Waals surface area (Å²) in [4.78, 5) is 1.36. The molecule has 0 fully saturated rings. The molecule has 0 spiro atoms. The van der Waals surface area contributed by atoms with Crippen LogP contribution in [0.2, 0.25) is 0 Å². The maximum absolute atomic E-state index is 5.71. The lowest BCUT2D eigenvalue weighted by molar-refractivity contribution is 0.465. The van der Waals surface area contributed by atoms with E-state index in [1.54, 1.807) is 0 Å². The Morgan fingerprint density at radius 1 is 1.11 bits per heavy atom. The van der Waals surface area contributed by atoms with E-state index in [-0.39, 0.29) is 0 Å². The summed E-state index contributed by atoms with van der Waals surface area (Å²) in [5, 5.41) is 0. The Bertz CT molecular complexity index is 320. The molecule has 0 aromatic heterocycles. The van der Waals surface area contributed by atoms with Crippen molar-refractivity contribution in [2.24, 2.45) is 17.4 Å². The predicted octanol–water partition coefficient (Wildman–Crippen LogP) is 3.22. The predicted molar refractivity (Wildman–Crippen MR) is 82.1 cm³/mol. The van der Waals surface area contributed by atoms with Crippen molar-refractivity contribution < 1.29 is 0 Å². The van der Waals surface area contributed by atoms with E-state index in [1.165, 1.54) is 22.6 Å². The highest BCUT2D eigenvalue weighted by Crippen LogP contribution is 2.26. The first kappa shape index (κ1) is 15.5. The van der Waals surface area contributed by atoms with E-state index in [9.17, 15) is 0 Å². The lowest BCUT2D eigenvalue weighted by Gasteiger charge is -2.18.